The Balaban J connectivity index is 2.12. The molecule has 0 aromatic heterocycles. The third-order valence-corrected chi connectivity index (χ3v) is 4.81. The topological polar surface area (TPSA) is 84.9 Å². The second-order valence-corrected chi connectivity index (χ2v) is 7.02. The zero-order valence-electron chi connectivity index (χ0n) is 15.6. The number of esters is 1. The normalized spacial score (nSPS) is 16.6. The summed E-state index contributed by atoms with van der Waals surface area (Å²) in [6.45, 7) is 5.40. The van der Waals surface area contributed by atoms with Gasteiger partial charge in [-0.15, -0.1) is 0 Å². The Bertz CT molecular complexity index is 695. The van der Waals surface area contributed by atoms with Crippen molar-refractivity contribution in [2.24, 2.45) is 0 Å². The van der Waals surface area contributed by atoms with Crippen LogP contribution in [0, 0.1) is 0 Å². The molecule has 0 bridgehead atoms. The fraction of sp³-hybridized carbons (Fsp3) is 0.526. The average molecular weight is 441 g/mol. The fourth-order valence-corrected chi connectivity index (χ4v) is 3.27. The molecule has 0 saturated carbocycles. The number of hydrogen-bond donors (Lipinski definition) is 1. The molecule has 2 amide bonds. The van der Waals surface area contributed by atoms with E-state index in [1.54, 1.807) is 18.2 Å². The van der Waals surface area contributed by atoms with E-state index < -0.39 is 12.0 Å². The van der Waals surface area contributed by atoms with Crippen molar-refractivity contribution in [2.45, 2.75) is 39.2 Å². The second kappa shape index (κ2) is 10.3. The first-order valence-electron chi connectivity index (χ1n) is 9.14. The third kappa shape index (κ3) is 5.69. The Labute approximate surface area is 167 Å². The molecule has 1 fully saturated rings. The van der Waals surface area contributed by atoms with Crippen molar-refractivity contribution in [2.75, 3.05) is 26.3 Å². The van der Waals surface area contributed by atoms with E-state index >= 15 is 0 Å². The maximum atomic E-state index is 13.0. The molecule has 0 aliphatic carbocycles. The number of carbonyl (C=O) groups is 3. The van der Waals surface area contributed by atoms with Crippen LogP contribution in [0.5, 0.6) is 5.75 Å². The molecule has 7 nitrogen and oxygen atoms in total. The van der Waals surface area contributed by atoms with Crippen LogP contribution >= 0.6 is 15.9 Å². The number of nitrogens with one attached hydrogen (secondary N) is 1. The van der Waals surface area contributed by atoms with Crippen molar-refractivity contribution in [3.63, 3.8) is 0 Å². The van der Waals surface area contributed by atoms with Gasteiger partial charge in [0.1, 0.15) is 11.8 Å². The summed E-state index contributed by atoms with van der Waals surface area (Å²) < 4.78 is 11.3. The number of benzene rings is 1. The van der Waals surface area contributed by atoms with Crippen LogP contribution < -0.4 is 10.1 Å². The Morgan fingerprint density at radius 2 is 2.11 bits per heavy atom. The van der Waals surface area contributed by atoms with Crippen LogP contribution in [-0.4, -0.2) is 55.0 Å². The summed E-state index contributed by atoms with van der Waals surface area (Å²) in [5, 5.41) is 2.71. The molecular formula is C19H25BrN2O5. The average Bonchev–Trinajstić information content (AvgIpc) is 2.65. The molecule has 8 heteroatoms. The maximum absolute atomic E-state index is 13.0. The van der Waals surface area contributed by atoms with Crippen LogP contribution in [0.3, 0.4) is 0 Å². The lowest BCUT2D eigenvalue weighted by molar-refractivity contribution is -0.147. The minimum Gasteiger partial charge on any atom is -0.493 e. The summed E-state index contributed by atoms with van der Waals surface area (Å²) in [7, 11) is 0. The Kier molecular flexibility index (Phi) is 8.09. The van der Waals surface area contributed by atoms with Crippen molar-refractivity contribution in [3.05, 3.63) is 28.2 Å². The van der Waals surface area contributed by atoms with Gasteiger partial charge in [0.05, 0.1) is 24.1 Å². The van der Waals surface area contributed by atoms with Gasteiger partial charge in [-0.1, -0.05) is 13.3 Å². The summed E-state index contributed by atoms with van der Waals surface area (Å²) in [5.74, 6) is -0.482. The number of ether oxygens (including phenoxy) is 2. The smallest absolute Gasteiger partial charge is 0.308 e. The zero-order chi connectivity index (χ0) is 19.8. The Hall–Kier alpha value is -2.09. The molecule has 0 spiro atoms. The molecule has 1 N–H and O–H groups in total. The molecule has 1 saturated heterocycles. The van der Waals surface area contributed by atoms with Gasteiger partial charge in [-0.05, 0) is 47.5 Å². The third-order valence-electron chi connectivity index (χ3n) is 4.19. The highest BCUT2D eigenvalue weighted by atomic mass is 79.9. The van der Waals surface area contributed by atoms with Gasteiger partial charge in [0.15, 0.2) is 0 Å². The van der Waals surface area contributed by atoms with Gasteiger partial charge in [0, 0.05) is 18.7 Å². The van der Waals surface area contributed by atoms with E-state index in [-0.39, 0.29) is 18.2 Å². The molecule has 1 unspecified atom stereocenters. The first kappa shape index (κ1) is 21.2. The number of hydrogen-bond acceptors (Lipinski definition) is 5. The minimum absolute atomic E-state index is 0.153. The van der Waals surface area contributed by atoms with Gasteiger partial charge in [-0.2, -0.15) is 0 Å². The monoisotopic (exact) mass is 440 g/mol. The molecule has 27 heavy (non-hydrogen) atoms. The molecule has 1 aliphatic rings. The van der Waals surface area contributed by atoms with Crippen LogP contribution in [0.1, 0.15) is 43.5 Å². The van der Waals surface area contributed by atoms with Gasteiger partial charge < -0.3 is 19.7 Å². The van der Waals surface area contributed by atoms with E-state index in [1.165, 1.54) is 4.90 Å². The van der Waals surface area contributed by atoms with Crippen LogP contribution in [0.25, 0.3) is 0 Å². The predicted molar refractivity (Wildman–Crippen MR) is 104 cm³/mol. The van der Waals surface area contributed by atoms with Crippen molar-refractivity contribution >= 4 is 33.7 Å². The molecule has 1 aliphatic heterocycles. The SMILES string of the molecule is CCCCOC(=O)CC1C(=O)NCCN1C(=O)c1ccc(OCC)c(Br)c1. The number of rotatable bonds is 8. The highest BCUT2D eigenvalue weighted by Gasteiger charge is 2.35. The van der Waals surface area contributed by atoms with Crippen LogP contribution in [0.4, 0.5) is 0 Å². The number of unbranched alkanes of at least 4 members (excludes halogenated alkanes) is 1. The van der Waals surface area contributed by atoms with Crippen LogP contribution in [0.15, 0.2) is 22.7 Å². The van der Waals surface area contributed by atoms with E-state index in [0.29, 0.717) is 42.1 Å². The first-order valence-corrected chi connectivity index (χ1v) is 9.93. The predicted octanol–water partition coefficient (Wildman–Crippen LogP) is 2.52. The quantitative estimate of drug-likeness (QED) is 0.495. The van der Waals surface area contributed by atoms with Crippen LogP contribution in [0.2, 0.25) is 0 Å². The van der Waals surface area contributed by atoms with Gasteiger partial charge in [-0.25, -0.2) is 0 Å². The lowest BCUT2D eigenvalue weighted by Crippen LogP contribution is -2.57. The number of halogens is 1. The number of amides is 2. The van der Waals surface area contributed by atoms with Gasteiger partial charge in [0.25, 0.3) is 5.91 Å². The first-order chi connectivity index (χ1) is 13.0. The van der Waals surface area contributed by atoms with Gasteiger partial charge >= 0.3 is 5.97 Å². The summed E-state index contributed by atoms with van der Waals surface area (Å²) in [5.41, 5.74) is 0.421. The number of piperazine rings is 1. The largest absolute Gasteiger partial charge is 0.493 e. The fourth-order valence-electron chi connectivity index (χ4n) is 2.78. The van der Waals surface area contributed by atoms with Crippen LogP contribution in [-0.2, 0) is 14.3 Å². The summed E-state index contributed by atoms with van der Waals surface area (Å²) in [6.07, 6.45) is 1.53. The molecule has 1 atom stereocenters. The Morgan fingerprint density at radius 1 is 1.33 bits per heavy atom. The van der Waals surface area contributed by atoms with Gasteiger partial charge in [0.2, 0.25) is 5.91 Å². The van der Waals surface area contributed by atoms with E-state index in [2.05, 4.69) is 21.2 Å². The van der Waals surface area contributed by atoms with Crippen molar-refractivity contribution in [1.29, 1.82) is 0 Å². The Morgan fingerprint density at radius 3 is 2.78 bits per heavy atom. The summed E-state index contributed by atoms with van der Waals surface area (Å²) in [4.78, 5) is 38.7. The van der Waals surface area contributed by atoms with Crippen molar-refractivity contribution in [3.8, 4) is 5.75 Å². The zero-order valence-corrected chi connectivity index (χ0v) is 17.2. The lowest BCUT2D eigenvalue weighted by atomic mass is 10.1. The van der Waals surface area contributed by atoms with Crippen molar-refractivity contribution in [1.82, 2.24) is 10.2 Å². The van der Waals surface area contributed by atoms with E-state index in [4.69, 9.17) is 9.47 Å². The van der Waals surface area contributed by atoms with Crippen molar-refractivity contribution < 1.29 is 23.9 Å². The molecule has 1 aromatic rings. The highest BCUT2D eigenvalue weighted by Crippen LogP contribution is 2.27. The number of nitrogens with zero attached hydrogens (tertiary/aromatic N) is 1. The minimum atomic E-state index is -0.870. The molecular weight excluding hydrogens is 416 g/mol. The van der Waals surface area contributed by atoms with E-state index in [0.717, 1.165) is 12.8 Å². The van der Waals surface area contributed by atoms with E-state index in [1.807, 2.05) is 13.8 Å². The second-order valence-electron chi connectivity index (χ2n) is 6.16. The molecule has 1 heterocycles. The summed E-state index contributed by atoms with van der Waals surface area (Å²) >= 11 is 3.39. The highest BCUT2D eigenvalue weighted by molar-refractivity contribution is 9.10. The standard InChI is InChI=1S/C19H25BrN2O5/c1-3-5-10-27-17(23)12-15-18(24)21-8-9-22(15)19(25)13-6-7-16(26-4-2)14(20)11-13/h6-7,11,15H,3-5,8-10,12H2,1-2H3,(H,21,24). The molecule has 2 rings (SSSR count). The van der Waals surface area contributed by atoms with E-state index in [9.17, 15) is 14.4 Å². The number of carbonyl (C=O) groups excluding carboxylic acids is 3. The lowest BCUT2D eigenvalue weighted by Gasteiger charge is -2.34. The summed E-state index contributed by atoms with van der Waals surface area (Å²) in [6, 6.07) is 4.15. The molecule has 1 aromatic carbocycles. The molecule has 0 radical (unpaired) electrons. The maximum Gasteiger partial charge on any atom is 0.308 e. The molecule has 148 valence electrons. The van der Waals surface area contributed by atoms with Gasteiger partial charge in [-0.3, -0.25) is 14.4 Å².